The maximum atomic E-state index is 12.4. The molecule has 0 saturated heterocycles. The smallest absolute Gasteiger partial charge is 0.317 e. The van der Waals surface area contributed by atoms with Gasteiger partial charge in [0.05, 0.1) is 13.7 Å². The summed E-state index contributed by atoms with van der Waals surface area (Å²) in [6.45, 7) is 0.542. The number of esters is 1. The van der Waals surface area contributed by atoms with Crippen LogP contribution in [0.2, 0.25) is 0 Å². The first-order valence-electron chi connectivity index (χ1n) is 6.77. The summed E-state index contributed by atoms with van der Waals surface area (Å²) in [6, 6.07) is 9.63. The van der Waals surface area contributed by atoms with Crippen LogP contribution in [0.15, 0.2) is 41.7 Å². The van der Waals surface area contributed by atoms with E-state index < -0.39 is 11.9 Å². The van der Waals surface area contributed by atoms with E-state index in [0.717, 1.165) is 24.0 Å². The number of hydrogen-bond acceptors (Lipinski definition) is 4. The zero-order valence-electron chi connectivity index (χ0n) is 11.3. The Bertz CT molecular complexity index is 573. The second kappa shape index (κ2) is 5.12. The molecule has 0 bridgehead atoms. The number of ketones is 1. The Morgan fingerprint density at radius 3 is 2.75 bits per heavy atom. The maximum Gasteiger partial charge on any atom is 0.317 e. The second-order valence-corrected chi connectivity index (χ2v) is 5.06. The highest BCUT2D eigenvalue weighted by Crippen LogP contribution is 2.46. The first-order valence-corrected chi connectivity index (χ1v) is 6.77. The van der Waals surface area contributed by atoms with Crippen LogP contribution in [0, 0.1) is 5.92 Å². The minimum absolute atomic E-state index is 0.236. The highest BCUT2D eigenvalue weighted by molar-refractivity contribution is 6.11. The van der Waals surface area contributed by atoms with Gasteiger partial charge in [0.1, 0.15) is 5.92 Å². The Balaban J connectivity index is 2.08. The van der Waals surface area contributed by atoms with E-state index in [-0.39, 0.29) is 11.7 Å². The van der Waals surface area contributed by atoms with E-state index in [1.807, 2.05) is 30.3 Å². The monoisotopic (exact) mass is 272 g/mol. The molecule has 0 saturated carbocycles. The molecule has 0 N–H and O–H groups in total. The molecular weight excluding hydrogens is 256 g/mol. The first-order chi connectivity index (χ1) is 9.74. The summed E-state index contributed by atoms with van der Waals surface area (Å²) in [6.07, 6.45) is 1.68. The van der Waals surface area contributed by atoms with Crippen molar-refractivity contribution in [3.63, 3.8) is 0 Å². The molecule has 0 unspecified atom stereocenters. The Labute approximate surface area is 117 Å². The van der Waals surface area contributed by atoms with Crippen LogP contribution < -0.4 is 0 Å². The standard InChI is InChI=1S/C16H16O4/c1-19-16(18)13-12(10-6-3-2-4-7-10)11-8-5-9-20-15(11)14(13)17/h2-4,6-7,12-13H,5,8-9H2,1H3/t12-,13+/m1/s1. The number of ether oxygens (including phenoxy) is 2. The molecule has 4 heteroatoms. The first kappa shape index (κ1) is 12.9. The van der Waals surface area contributed by atoms with Gasteiger partial charge < -0.3 is 9.47 Å². The van der Waals surface area contributed by atoms with E-state index in [0.29, 0.717) is 12.4 Å². The molecule has 0 fully saturated rings. The number of carbonyl (C=O) groups is 2. The van der Waals surface area contributed by atoms with Crippen LogP contribution in [-0.4, -0.2) is 25.5 Å². The average molecular weight is 272 g/mol. The molecule has 3 rings (SSSR count). The van der Waals surface area contributed by atoms with Crippen molar-refractivity contribution >= 4 is 11.8 Å². The van der Waals surface area contributed by atoms with Crippen LogP contribution in [-0.2, 0) is 19.1 Å². The highest BCUT2D eigenvalue weighted by atomic mass is 16.5. The van der Waals surface area contributed by atoms with Crippen LogP contribution in [0.5, 0.6) is 0 Å². The van der Waals surface area contributed by atoms with Crippen LogP contribution in [0.3, 0.4) is 0 Å². The number of benzene rings is 1. The lowest BCUT2D eigenvalue weighted by molar-refractivity contribution is -0.149. The second-order valence-electron chi connectivity index (χ2n) is 5.06. The topological polar surface area (TPSA) is 52.6 Å². The molecule has 4 nitrogen and oxygen atoms in total. The Kier molecular flexibility index (Phi) is 3.30. The van der Waals surface area contributed by atoms with E-state index in [1.165, 1.54) is 7.11 Å². The number of carbonyl (C=O) groups excluding carboxylic acids is 2. The fourth-order valence-corrected chi connectivity index (χ4v) is 3.09. The molecule has 0 radical (unpaired) electrons. The minimum atomic E-state index is -0.800. The molecule has 1 heterocycles. The average Bonchev–Trinajstić information content (AvgIpc) is 2.81. The third-order valence-corrected chi connectivity index (χ3v) is 3.96. The van der Waals surface area contributed by atoms with Crippen LogP contribution in [0.4, 0.5) is 0 Å². The SMILES string of the molecule is COC(=O)[C@@H]1C(=O)C2=C(CCCO2)[C@H]1c1ccccc1. The summed E-state index contributed by atoms with van der Waals surface area (Å²) < 4.78 is 10.3. The van der Waals surface area contributed by atoms with Crippen molar-refractivity contribution in [1.29, 1.82) is 0 Å². The molecular formula is C16H16O4. The van der Waals surface area contributed by atoms with Crippen molar-refractivity contribution < 1.29 is 19.1 Å². The lowest BCUT2D eigenvalue weighted by Crippen LogP contribution is -2.27. The molecule has 0 aromatic heterocycles. The van der Waals surface area contributed by atoms with Gasteiger partial charge in [-0.15, -0.1) is 0 Å². The lowest BCUT2D eigenvalue weighted by atomic mass is 9.83. The highest BCUT2D eigenvalue weighted by Gasteiger charge is 2.49. The van der Waals surface area contributed by atoms with E-state index in [1.54, 1.807) is 0 Å². The summed E-state index contributed by atoms with van der Waals surface area (Å²) in [7, 11) is 1.32. The molecule has 0 amide bonds. The zero-order chi connectivity index (χ0) is 14.1. The minimum Gasteiger partial charge on any atom is -0.490 e. The van der Waals surface area contributed by atoms with Crippen molar-refractivity contribution in [2.24, 2.45) is 5.92 Å². The molecule has 2 aliphatic rings. The predicted molar refractivity (Wildman–Crippen MR) is 71.9 cm³/mol. The van der Waals surface area contributed by atoms with Crippen molar-refractivity contribution in [2.75, 3.05) is 13.7 Å². The lowest BCUT2D eigenvalue weighted by Gasteiger charge is -2.21. The Hall–Kier alpha value is -2.10. The zero-order valence-corrected chi connectivity index (χ0v) is 11.3. The summed E-state index contributed by atoms with van der Waals surface area (Å²) in [5.41, 5.74) is 1.91. The molecule has 1 aliphatic heterocycles. The van der Waals surface area contributed by atoms with Gasteiger partial charge in [0.15, 0.2) is 5.76 Å². The number of methoxy groups -OCH3 is 1. The van der Waals surface area contributed by atoms with Crippen LogP contribution in [0.25, 0.3) is 0 Å². The fourth-order valence-electron chi connectivity index (χ4n) is 3.09. The molecule has 1 aliphatic carbocycles. The molecule has 1 aromatic rings. The Morgan fingerprint density at radius 2 is 2.05 bits per heavy atom. The fraction of sp³-hybridized carbons (Fsp3) is 0.375. The summed E-state index contributed by atoms with van der Waals surface area (Å²) >= 11 is 0. The number of Topliss-reactive ketones (excluding diaryl/α,β-unsaturated/α-hetero) is 1. The molecule has 104 valence electrons. The van der Waals surface area contributed by atoms with Crippen molar-refractivity contribution in [2.45, 2.75) is 18.8 Å². The van der Waals surface area contributed by atoms with Gasteiger partial charge >= 0.3 is 5.97 Å². The summed E-state index contributed by atoms with van der Waals surface area (Å²) in [5, 5.41) is 0. The number of hydrogen-bond donors (Lipinski definition) is 0. The molecule has 0 spiro atoms. The van der Waals surface area contributed by atoms with E-state index >= 15 is 0 Å². The molecule has 1 aromatic carbocycles. The van der Waals surface area contributed by atoms with Gasteiger partial charge in [-0.2, -0.15) is 0 Å². The van der Waals surface area contributed by atoms with E-state index in [2.05, 4.69) is 0 Å². The van der Waals surface area contributed by atoms with Gasteiger partial charge in [0.2, 0.25) is 5.78 Å². The van der Waals surface area contributed by atoms with E-state index in [9.17, 15) is 9.59 Å². The molecule has 2 atom stereocenters. The van der Waals surface area contributed by atoms with Crippen molar-refractivity contribution in [1.82, 2.24) is 0 Å². The number of rotatable bonds is 2. The van der Waals surface area contributed by atoms with Crippen molar-refractivity contribution in [3.8, 4) is 0 Å². The van der Waals surface area contributed by atoms with Gasteiger partial charge in [0.25, 0.3) is 0 Å². The third kappa shape index (κ3) is 1.92. The van der Waals surface area contributed by atoms with Gasteiger partial charge in [-0.05, 0) is 24.0 Å². The van der Waals surface area contributed by atoms with Gasteiger partial charge in [-0.3, -0.25) is 9.59 Å². The Morgan fingerprint density at radius 1 is 1.30 bits per heavy atom. The van der Waals surface area contributed by atoms with Gasteiger partial charge in [-0.1, -0.05) is 30.3 Å². The van der Waals surface area contributed by atoms with Gasteiger partial charge in [0, 0.05) is 5.92 Å². The number of allylic oxidation sites excluding steroid dienone is 2. The summed E-state index contributed by atoms with van der Waals surface area (Å²) in [5.74, 6) is -1.38. The van der Waals surface area contributed by atoms with Crippen LogP contribution in [0.1, 0.15) is 24.3 Å². The predicted octanol–water partition coefficient (Wildman–Crippen LogP) is 2.21. The van der Waals surface area contributed by atoms with Gasteiger partial charge in [-0.25, -0.2) is 0 Å². The van der Waals surface area contributed by atoms with Crippen LogP contribution >= 0.6 is 0 Å². The quantitative estimate of drug-likeness (QED) is 0.612. The maximum absolute atomic E-state index is 12.4. The normalized spacial score (nSPS) is 25.1. The molecule has 20 heavy (non-hydrogen) atoms. The van der Waals surface area contributed by atoms with E-state index in [4.69, 9.17) is 9.47 Å². The third-order valence-electron chi connectivity index (χ3n) is 3.96. The summed E-state index contributed by atoms with van der Waals surface area (Å²) in [4.78, 5) is 24.5. The largest absolute Gasteiger partial charge is 0.490 e. The van der Waals surface area contributed by atoms with Crippen molar-refractivity contribution in [3.05, 3.63) is 47.2 Å².